The van der Waals surface area contributed by atoms with E-state index >= 15 is 0 Å². The van der Waals surface area contributed by atoms with Crippen molar-refractivity contribution in [2.75, 3.05) is 44.2 Å². The summed E-state index contributed by atoms with van der Waals surface area (Å²) >= 11 is 12.2. The lowest BCUT2D eigenvalue weighted by Gasteiger charge is -2.36. The van der Waals surface area contributed by atoms with Crippen LogP contribution < -0.4 is 10.2 Å². The third-order valence-corrected chi connectivity index (χ3v) is 5.57. The van der Waals surface area contributed by atoms with Gasteiger partial charge in [-0.2, -0.15) is 0 Å². The largest absolute Gasteiger partial charge is 0.369 e. The lowest BCUT2D eigenvalue weighted by molar-refractivity contribution is -0.120. The molecule has 27 heavy (non-hydrogen) atoms. The Morgan fingerprint density at radius 2 is 1.59 bits per heavy atom. The Balaban J connectivity index is 1.33. The van der Waals surface area contributed by atoms with Gasteiger partial charge in [0.05, 0.1) is 6.42 Å². The maximum absolute atomic E-state index is 12.1. The number of para-hydroxylation sites is 1. The summed E-state index contributed by atoms with van der Waals surface area (Å²) in [5.41, 5.74) is 1.98. The maximum atomic E-state index is 12.1. The van der Waals surface area contributed by atoms with Crippen LogP contribution in [0.2, 0.25) is 10.0 Å². The average Bonchev–Trinajstić information content (AvgIpc) is 2.69. The highest BCUT2D eigenvalue weighted by molar-refractivity contribution is 6.36. The number of nitrogens with zero attached hydrogens (tertiary/aromatic N) is 2. The molecule has 1 aliphatic heterocycles. The number of hydrogen-bond donors (Lipinski definition) is 1. The molecule has 0 spiro atoms. The second-order valence-corrected chi connectivity index (χ2v) is 7.56. The Kier molecular flexibility index (Phi) is 7.39. The molecule has 6 heteroatoms. The van der Waals surface area contributed by atoms with Crippen LogP contribution in [0.4, 0.5) is 5.69 Å². The molecule has 144 valence electrons. The molecule has 0 atom stereocenters. The van der Waals surface area contributed by atoms with Crippen LogP contribution in [0.25, 0.3) is 0 Å². The van der Waals surface area contributed by atoms with E-state index in [4.69, 9.17) is 23.2 Å². The number of nitrogens with one attached hydrogen (secondary N) is 1. The summed E-state index contributed by atoms with van der Waals surface area (Å²) in [6.45, 7) is 5.86. The average molecular weight is 406 g/mol. The van der Waals surface area contributed by atoms with Crippen LogP contribution in [0.5, 0.6) is 0 Å². The quantitative estimate of drug-likeness (QED) is 0.710. The molecule has 1 aliphatic rings. The molecule has 0 aromatic heterocycles. The van der Waals surface area contributed by atoms with E-state index in [2.05, 4.69) is 39.4 Å². The summed E-state index contributed by atoms with van der Waals surface area (Å²) < 4.78 is 0. The first-order chi connectivity index (χ1) is 13.1. The van der Waals surface area contributed by atoms with Crippen LogP contribution >= 0.6 is 23.2 Å². The van der Waals surface area contributed by atoms with Crippen molar-refractivity contribution in [3.8, 4) is 0 Å². The molecule has 1 N–H and O–H groups in total. The van der Waals surface area contributed by atoms with Gasteiger partial charge in [0.1, 0.15) is 0 Å². The van der Waals surface area contributed by atoms with Gasteiger partial charge in [0.25, 0.3) is 0 Å². The van der Waals surface area contributed by atoms with Gasteiger partial charge in [0.2, 0.25) is 5.91 Å². The lowest BCUT2D eigenvalue weighted by atomic mass is 10.1. The van der Waals surface area contributed by atoms with Crippen LogP contribution in [0, 0.1) is 0 Å². The van der Waals surface area contributed by atoms with Crippen molar-refractivity contribution >= 4 is 34.8 Å². The number of halogens is 2. The minimum Gasteiger partial charge on any atom is -0.369 e. The van der Waals surface area contributed by atoms with E-state index in [0.29, 0.717) is 22.2 Å². The number of anilines is 1. The Hall–Kier alpha value is -1.75. The van der Waals surface area contributed by atoms with Crippen molar-refractivity contribution < 1.29 is 4.79 Å². The zero-order chi connectivity index (χ0) is 19.1. The van der Waals surface area contributed by atoms with E-state index in [9.17, 15) is 4.79 Å². The van der Waals surface area contributed by atoms with Gasteiger partial charge in [-0.05, 0) is 42.8 Å². The number of hydrogen-bond acceptors (Lipinski definition) is 3. The van der Waals surface area contributed by atoms with E-state index in [0.717, 1.165) is 39.1 Å². The second kappa shape index (κ2) is 9.98. The molecule has 0 aliphatic carbocycles. The predicted octanol–water partition coefficient (Wildman–Crippen LogP) is 3.86. The first-order valence-electron chi connectivity index (χ1n) is 9.35. The summed E-state index contributed by atoms with van der Waals surface area (Å²) in [6, 6.07) is 15.8. The molecule has 0 unspecified atom stereocenters. The normalized spacial score (nSPS) is 15.0. The van der Waals surface area contributed by atoms with Gasteiger partial charge >= 0.3 is 0 Å². The van der Waals surface area contributed by atoms with Gasteiger partial charge in [-0.15, -0.1) is 0 Å². The smallest absolute Gasteiger partial charge is 0.224 e. The van der Waals surface area contributed by atoms with E-state index in [-0.39, 0.29) is 12.3 Å². The number of carbonyl (C=O) groups is 1. The topological polar surface area (TPSA) is 35.6 Å². The zero-order valence-corrected chi connectivity index (χ0v) is 16.8. The summed E-state index contributed by atoms with van der Waals surface area (Å²) in [4.78, 5) is 17.0. The van der Waals surface area contributed by atoms with Crippen molar-refractivity contribution in [3.63, 3.8) is 0 Å². The number of piperazine rings is 1. The second-order valence-electron chi connectivity index (χ2n) is 6.74. The maximum Gasteiger partial charge on any atom is 0.224 e. The highest BCUT2D eigenvalue weighted by Gasteiger charge is 2.16. The van der Waals surface area contributed by atoms with Crippen molar-refractivity contribution in [1.82, 2.24) is 10.2 Å². The lowest BCUT2D eigenvalue weighted by Crippen LogP contribution is -2.47. The minimum atomic E-state index is -0.0427. The van der Waals surface area contributed by atoms with Crippen LogP contribution in [0.1, 0.15) is 12.0 Å². The third-order valence-electron chi connectivity index (χ3n) is 4.87. The SMILES string of the molecule is O=C(Cc1c(Cl)cccc1Cl)NCCCN1CCN(c2ccccc2)CC1. The van der Waals surface area contributed by atoms with Crippen LogP contribution in [0.3, 0.4) is 0 Å². The standard InChI is InChI=1S/C21H25Cl2N3O/c22-19-8-4-9-20(23)18(19)16-21(27)24-10-5-11-25-12-14-26(15-13-25)17-6-2-1-3-7-17/h1-4,6-9H,5,10-16H2,(H,24,27). The first-order valence-corrected chi connectivity index (χ1v) is 10.1. The van der Waals surface area contributed by atoms with Gasteiger partial charge < -0.3 is 10.2 Å². The summed E-state index contributed by atoms with van der Waals surface area (Å²) in [5, 5.41) is 4.04. The van der Waals surface area contributed by atoms with Crippen molar-refractivity contribution in [3.05, 3.63) is 64.1 Å². The molecule has 2 aromatic carbocycles. The highest BCUT2D eigenvalue weighted by atomic mass is 35.5. The number of benzene rings is 2. The molecular weight excluding hydrogens is 381 g/mol. The molecule has 1 heterocycles. The molecule has 2 aromatic rings. The van der Waals surface area contributed by atoms with Gasteiger partial charge in [0.15, 0.2) is 0 Å². The van der Waals surface area contributed by atoms with Crippen LogP contribution in [-0.2, 0) is 11.2 Å². The predicted molar refractivity (Wildman–Crippen MR) is 113 cm³/mol. The van der Waals surface area contributed by atoms with Crippen molar-refractivity contribution in [1.29, 1.82) is 0 Å². The van der Waals surface area contributed by atoms with E-state index in [1.54, 1.807) is 18.2 Å². The van der Waals surface area contributed by atoms with Crippen LogP contribution in [-0.4, -0.2) is 50.1 Å². The van der Waals surface area contributed by atoms with Crippen LogP contribution in [0.15, 0.2) is 48.5 Å². The Morgan fingerprint density at radius 3 is 2.26 bits per heavy atom. The summed E-state index contributed by atoms with van der Waals surface area (Å²) in [6.07, 6.45) is 1.15. The van der Waals surface area contributed by atoms with E-state index in [1.165, 1.54) is 5.69 Å². The molecule has 0 bridgehead atoms. The van der Waals surface area contributed by atoms with Crippen molar-refractivity contribution in [2.24, 2.45) is 0 Å². The number of amides is 1. The first kappa shape index (κ1) is 20.0. The van der Waals surface area contributed by atoms with Gasteiger partial charge in [-0.3, -0.25) is 9.69 Å². The van der Waals surface area contributed by atoms with Gasteiger partial charge in [-0.25, -0.2) is 0 Å². The molecule has 1 saturated heterocycles. The molecule has 1 amide bonds. The summed E-state index contributed by atoms with van der Waals surface area (Å²) in [5.74, 6) is -0.0427. The van der Waals surface area contributed by atoms with E-state index in [1.807, 2.05) is 6.07 Å². The Bertz CT molecular complexity index is 726. The van der Waals surface area contributed by atoms with E-state index < -0.39 is 0 Å². The highest BCUT2D eigenvalue weighted by Crippen LogP contribution is 2.24. The van der Waals surface area contributed by atoms with Crippen molar-refractivity contribution in [2.45, 2.75) is 12.8 Å². The molecule has 0 saturated carbocycles. The fourth-order valence-corrected chi connectivity index (χ4v) is 3.85. The Morgan fingerprint density at radius 1 is 0.926 bits per heavy atom. The zero-order valence-electron chi connectivity index (χ0n) is 15.3. The fourth-order valence-electron chi connectivity index (χ4n) is 3.32. The molecule has 0 radical (unpaired) electrons. The fraction of sp³-hybridized carbons (Fsp3) is 0.381. The molecular formula is C21H25Cl2N3O. The number of carbonyl (C=O) groups excluding carboxylic acids is 1. The molecule has 4 nitrogen and oxygen atoms in total. The monoisotopic (exact) mass is 405 g/mol. The number of rotatable bonds is 7. The van der Waals surface area contributed by atoms with Gasteiger partial charge in [-0.1, -0.05) is 47.5 Å². The molecule has 3 rings (SSSR count). The van der Waals surface area contributed by atoms with Gasteiger partial charge in [0, 0.05) is 48.5 Å². The Labute approximate surface area is 171 Å². The molecule has 1 fully saturated rings. The summed E-state index contributed by atoms with van der Waals surface area (Å²) in [7, 11) is 0. The minimum absolute atomic E-state index is 0.0427. The third kappa shape index (κ3) is 5.86.